The fourth-order valence-corrected chi connectivity index (χ4v) is 8.56. The van der Waals surface area contributed by atoms with Crippen molar-refractivity contribution in [3.8, 4) is 0 Å². The zero-order chi connectivity index (χ0) is 25.1. The minimum atomic E-state index is -0.731. The summed E-state index contributed by atoms with van der Waals surface area (Å²) in [6.07, 6.45) is 1.45. The van der Waals surface area contributed by atoms with Crippen LogP contribution in [-0.2, 0) is 14.4 Å². The van der Waals surface area contributed by atoms with E-state index < -0.39 is 39.0 Å². The van der Waals surface area contributed by atoms with Gasteiger partial charge in [0.2, 0.25) is 17.7 Å². The second-order valence-corrected chi connectivity index (χ2v) is 13.5. The molecule has 0 saturated carbocycles. The molecular weight excluding hydrogens is 450 g/mol. The molecule has 4 rings (SSSR count). The minimum absolute atomic E-state index is 0.0384. The van der Waals surface area contributed by atoms with Crippen LogP contribution in [0.1, 0.15) is 54.4 Å². The number of hydrogen-bond donors (Lipinski definition) is 3. The van der Waals surface area contributed by atoms with Gasteiger partial charge in [-0.15, -0.1) is 11.8 Å². The van der Waals surface area contributed by atoms with Gasteiger partial charge in [-0.2, -0.15) is 0 Å². The summed E-state index contributed by atoms with van der Waals surface area (Å²) < 4.78 is -1.12. The Morgan fingerprint density at radius 3 is 2.38 bits per heavy atom. The molecule has 1 aromatic rings. The molecule has 3 heterocycles. The molecule has 0 aromatic heterocycles. The maximum Gasteiger partial charge on any atom is 0.244 e. The lowest BCUT2D eigenvalue weighted by molar-refractivity contribution is -0.143. The first kappa shape index (κ1) is 25.0. The van der Waals surface area contributed by atoms with E-state index in [1.807, 2.05) is 65.0 Å². The average molecular weight is 488 g/mol. The molecule has 1 aromatic carbocycles. The number of nitrogens with one attached hydrogen (secondary N) is 2. The molecule has 3 aliphatic heterocycles. The zero-order valence-corrected chi connectivity index (χ0v) is 21.7. The van der Waals surface area contributed by atoms with Crippen LogP contribution in [0.25, 0.3) is 0 Å². The second-order valence-electron chi connectivity index (χ2n) is 11.6. The van der Waals surface area contributed by atoms with Crippen molar-refractivity contribution >= 4 is 35.2 Å². The Balaban J connectivity index is 1.77. The fraction of sp³-hybridized carbons (Fsp3) is 0.654. The number of nitrogens with zero attached hydrogens (tertiary/aromatic N) is 1. The van der Waals surface area contributed by atoms with Crippen molar-refractivity contribution < 1.29 is 19.5 Å². The number of thioether (sulfide) groups is 1. The van der Waals surface area contributed by atoms with Gasteiger partial charge in [-0.3, -0.25) is 14.4 Å². The summed E-state index contributed by atoms with van der Waals surface area (Å²) in [6, 6.07) is 8.05. The highest BCUT2D eigenvalue weighted by molar-refractivity contribution is 8.02. The Labute approximate surface area is 206 Å². The number of aliphatic hydroxyl groups is 1. The molecule has 3 fully saturated rings. The highest BCUT2D eigenvalue weighted by Crippen LogP contribution is 2.71. The van der Waals surface area contributed by atoms with Crippen LogP contribution >= 0.6 is 11.8 Å². The highest BCUT2D eigenvalue weighted by Gasteiger charge is 2.77. The number of amides is 3. The predicted molar refractivity (Wildman–Crippen MR) is 134 cm³/mol. The first-order chi connectivity index (χ1) is 15.8. The quantitative estimate of drug-likeness (QED) is 0.573. The first-order valence-electron chi connectivity index (χ1n) is 12.2. The van der Waals surface area contributed by atoms with Gasteiger partial charge in [-0.1, -0.05) is 32.0 Å². The van der Waals surface area contributed by atoms with Crippen molar-refractivity contribution in [1.82, 2.24) is 10.2 Å². The Kier molecular flexibility index (Phi) is 6.30. The lowest BCUT2D eigenvalue weighted by Crippen LogP contribution is -2.60. The van der Waals surface area contributed by atoms with Gasteiger partial charge in [0, 0.05) is 16.0 Å². The van der Waals surface area contributed by atoms with E-state index in [-0.39, 0.29) is 30.2 Å². The van der Waals surface area contributed by atoms with E-state index in [1.165, 1.54) is 0 Å². The van der Waals surface area contributed by atoms with Gasteiger partial charge in [-0.05, 0) is 58.6 Å². The highest BCUT2D eigenvalue weighted by atomic mass is 32.2. The summed E-state index contributed by atoms with van der Waals surface area (Å²) in [4.78, 5) is 43.1. The molecule has 3 N–H and O–H groups in total. The van der Waals surface area contributed by atoms with Crippen LogP contribution in [0.15, 0.2) is 30.3 Å². The van der Waals surface area contributed by atoms with Crippen molar-refractivity contribution in [2.75, 3.05) is 11.9 Å². The number of carbonyl (C=O) groups is 3. The lowest BCUT2D eigenvalue weighted by atomic mass is 9.66. The van der Waals surface area contributed by atoms with Crippen LogP contribution in [0.3, 0.4) is 0 Å². The minimum Gasteiger partial charge on any atom is -0.394 e. The molecule has 7 nitrogen and oxygen atoms in total. The van der Waals surface area contributed by atoms with Crippen molar-refractivity contribution in [3.05, 3.63) is 30.3 Å². The molecular formula is C26H37N3O4S. The third-order valence-corrected chi connectivity index (χ3v) is 9.58. The van der Waals surface area contributed by atoms with E-state index in [1.54, 1.807) is 16.7 Å². The summed E-state index contributed by atoms with van der Waals surface area (Å²) in [5, 5.41) is 16.3. The smallest absolute Gasteiger partial charge is 0.244 e. The van der Waals surface area contributed by atoms with E-state index in [2.05, 4.69) is 17.6 Å². The molecule has 6 atom stereocenters. The third kappa shape index (κ3) is 3.92. The normalized spacial score (nSPS) is 33.2. The van der Waals surface area contributed by atoms with Gasteiger partial charge in [0.1, 0.15) is 6.04 Å². The summed E-state index contributed by atoms with van der Waals surface area (Å²) >= 11 is 1.64. The number of fused-ring (bicyclic) bond motifs is 1. The van der Waals surface area contributed by atoms with Crippen LogP contribution < -0.4 is 10.6 Å². The second kappa shape index (κ2) is 8.55. The van der Waals surface area contributed by atoms with Gasteiger partial charge in [-0.25, -0.2) is 0 Å². The molecule has 34 heavy (non-hydrogen) atoms. The molecule has 3 aliphatic rings. The standard InChI is InChI=1S/C26H37N3O4S/c1-15(2)17(14-30)29-20(22(32)28-24(3,4)5)26-13-12-25(6,34-26)18(19(26)23(29)33)21(31)27-16-10-8-7-9-11-16/h7-11,15,17-20,30H,12-14H2,1-6H3,(H,27,31)(H,28,32)/t17-,18-,19-,20?,25+,26?/m0/s1. The number of rotatable bonds is 6. The maximum atomic E-state index is 14.1. The monoisotopic (exact) mass is 487 g/mol. The van der Waals surface area contributed by atoms with E-state index in [0.717, 1.165) is 6.42 Å². The molecule has 0 aliphatic carbocycles. The number of likely N-dealkylation sites (tertiary alicyclic amines) is 1. The number of carbonyl (C=O) groups excluding carboxylic acids is 3. The summed E-state index contributed by atoms with van der Waals surface area (Å²) in [6.45, 7) is 11.5. The number of anilines is 1. The summed E-state index contributed by atoms with van der Waals surface area (Å²) in [5.41, 5.74) is 0.222. The zero-order valence-electron chi connectivity index (χ0n) is 20.9. The van der Waals surface area contributed by atoms with Crippen LogP contribution in [0, 0.1) is 17.8 Å². The number of aliphatic hydroxyl groups excluding tert-OH is 1. The van der Waals surface area contributed by atoms with Gasteiger partial charge in [0.25, 0.3) is 0 Å². The maximum absolute atomic E-state index is 14.1. The SMILES string of the molecule is CC(C)[C@H](CO)N1C(=O)[C@@H]2[C@@H](C(=O)Nc3ccccc3)[C@@]3(C)CCC2(S3)C1C(=O)NC(C)(C)C. The van der Waals surface area contributed by atoms with E-state index in [4.69, 9.17) is 0 Å². The number of para-hydroxylation sites is 1. The Bertz CT molecular complexity index is 978. The van der Waals surface area contributed by atoms with Gasteiger partial charge in [0.05, 0.1) is 29.2 Å². The van der Waals surface area contributed by atoms with Gasteiger partial charge >= 0.3 is 0 Å². The Morgan fingerprint density at radius 1 is 1.18 bits per heavy atom. The van der Waals surface area contributed by atoms with Crippen molar-refractivity contribution in [3.63, 3.8) is 0 Å². The molecule has 3 saturated heterocycles. The van der Waals surface area contributed by atoms with Crippen molar-refractivity contribution in [2.45, 2.75) is 81.5 Å². The molecule has 3 amide bonds. The van der Waals surface area contributed by atoms with Crippen molar-refractivity contribution in [1.29, 1.82) is 0 Å². The average Bonchev–Trinajstić information content (AvgIpc) is 3.29. The third-order valence-electron chi connectivity index (χ3n) is 7.60. The number of benzene rings is 1. The van der Waals surface area contributed by atoms with E-state index in [0.29, 0.717) is 12.1 Å². The molecule has 186 valence electrons. The predicted octanol–water partition coefficient (Wildman–Crippen LogP) is 3.04. The molecule has 2 unspecified atom stereocenters. The Hall–Kier alpha value is -2.06. The topological polar surface area (TPSA) is 98.7 Å². The molecule has 1 spiro atoms. The van der Waals surface area contributed by atoms with Crippen LogP contribution in [0.5, 0.6) is 0 Å². The van der Waals surface area contributed by atoms with E-state index >= 15 is 0 Å². The van der Waals surface area contributed by atoms with Gasteiger partial charge in [0.15, 0.2) is 0 Å². The molecule has 2 bridgehead atoms. The first-order valence-corrected chi connectivity index (χ1v) is 13.0. The van der Waals surface area contributed by atoms with Crippen LogP contribution in [-0.4, -0.2) is 61.5 Å². The molecule has 0 radical (unpaired) electrons. The summed E-state index contributed by atoms with van der Waals surface area (Å²) in [7, 11) is 0. The number of hydrogen-bond acceptors (Lipinski definition) is 5. The fourth-order valence-electron chi connectivity index (χ4n) is 6.22. The van der Waals surface area contributed by atoms with Crippen LogP contribution in [0.2, 0.25) is 0 Å². The molecule has 8 heteroatoms. The van der Waals surface area contributed by atoms with Crippen LogP contribution in [0.4, 0.5) is 5.69 Å². The Morgan fingerprint density at radius 2 is 1.82 bits per heavy atom. The van der Waals surface area contributed by atoms with Crippen molar-refractivity contribution in [2.24, 2.45) is 17.8 Å². The summed E-state index contributed by atoms with van der Waals surface area (Å²) in [5.74, 6) is -1.77. The largest absolute Gasteiger partial charge is 0.394 e. The van der Waals surface area contributed by atoms with E-state index in [9.17, 15) is 19.5 Å². The van der Waals surface area contributed by atoms with Gasteiger partial charge < -0.3 is 20.6 Å². The lowest BCUT2D eigenvalue weighted by Gasteiger charge is -2.39.